The lowest BCUT2D eigenvalue weighted by atomic mass is 10.1. The predicted molar refractivity (Wildman–Crippen MR) is 89.7 cm³/mol. The Hall–Kier alpha value is -1.56. The molecule has 7 heteroatoms. The molecule has 0 spiro atoms. The summed E-state index contributed by atoms with van der Waals surface area (Å²) in [7, 11) is 0. The van der Waals surface area contributed by atoms with Crippen LogP contribution in [0, 0.1) is 0 Å². The number of benzene rings is 1. The number of carbonyl (C=O) groups excluding carboxylic acids is 1. The van der Waals surface area contributed by atoms with Crippen LogP contribution in [0.25, 0.3) is 11.3 Å². The van der Waals surface area contributed by atoms with Gasteiger partial charge in [0.1, 0.15) is 0 Å². The highest BCUT2D eigenvalue weighted by Crippen LogP contribution is 2.27. The van der Waals surface area contributed by atoms with Crippen LogP contribution >= 0.6 is 24.0 Å². The number of amides is 1. The molecule has 0 atom stereocenters. The van der Waals surface area contributed by atoms with Gasteiger partial charge in [0.25, 0.3) is 5.91 Å². The van der Waals surface area contributed by atoms with E-state index in [-0.39, 0.29) is 24.0 Å². The van der Waals surface area contributed by atoms with E-state index >= 15 is 0 Å². The number of hydrogen-bond acceptors (Lipinski definition) is 4. The van der Waals surface area contributed by atoms with Crippen molar-refractivity contribution in [2.24, 2.45) is 0 Å². The Bertz CT molecular complexity index is 602. The minimum Gasteiger partial charge on any atom is -0.355 e. The van der Waals surface area contributed by atoms with E-state index in [2.05, 4.69) is 22.7 Å². The lowest BCUT2D eigenvalue weighted by Gasteiger charge is -2.03. The lowest BCUT2D eigenvalue weighted by Crippen LogP contribution is -2.32. The Morgan fingerprint density at radius 3 is 2.77 bits per heavy atom. The van der Waals surface area contributed by atoms with Gasteiger partial charge in [0.15, 0.2) is 11.5 Å². The zero-order valence-corrected chi connectivity index (χ0v) is 13.8. The molecule has 2 N–H and O–H groups in total. The van der Waals surface area contributed by atoms with Gasteiger partial charge in [0, 0.05) is 24.7 Å². The molecule has 1 aromatic heterocycles. The molecule has 0 aliphatic rings. The first-order valence-electron chi connectivity index (χ1n) is 6.93. The van der Waals surface area contributed by atoms with E-state index < -0.39 is 0 Å². The average Bonchev–Trinajstić information content (AvgIpc) is 2.97. The number of hydrogen-bond donors (Lipinski definition) is 2. The van der Waals surface area contributed by atoms with Crippen molar-refractivity contribution in [1.82, 2.24) is 15.8 Å². The van der Waals surface area contributed by atoms with Crippen molar-refractivity contribution in [3.63, 3.8) is 0 Å². The van der Waals surface area contributed by atoms with E-state index in [1.54, 1.807) is 12.1 Å². The fourth-order valence-corrected chi connectivity index (χ4v) is 2.06. The maximum absolute atomic E-state index is 11.9. The van der Waals surface area contributed by atoms with Crippen molar-refractivity contribution in [3.8, 4) is 11.3 Å². The van der Waals surface area contributed by atoms with Crippen molar-refractivity contribution < 1.29 is 9.32 Å². The number of aromatic nitrogens is 1. The molecule has 2 aromatic rings. The summed E-state index contributed by atoms with van der Waals surface area (Å²) >= 11 is 6.08. The SMILES string of the molecule is CCCNCCNC(=O)c1cc(-c2ccccc2Cl)on1.Cl. The highest BCUT2D eigenvalue weighted by atomic mass is 35.5. The molecule has 0 bridgehead atoms. The summed E-state index contributed by atoms with van der Waals surface area (Å²) in [5.74, 6) is 0.227. The standard InChI is InChI=1S/C15H18ClN3O2.ClH/c1-2-7-17-8-9-18-15(20)13-10-14(21-19-13)11-5-3-4-6-12(11)16;/h3-6,10,17H,2,7-9H2,1H3,(H,18,20);1H. The largest absolute Gasteiger partial charge is 0.355 e. The van der Waals surface area contributed by atoms with Gasteiger partial charge < -0.3 is 15.2 Å². The topological polar surface area (TPSA) is 67.2 Å². The van der Waals surface area contributed by atoms with Gasteiger partial charge in [-0.3, -0.25) is 4.79 Å². The second-order valence-electron chi connectivity index (χ2n) is 4.56. The Morgan fingerprint density at radius 2 is 2.05 bits per heavy atom. The first-order chi connectivity index (χ1) is 10.2. The number of carbonyl (C=O) groups is 1. The Morgan fingerprint density at radius 1 is 1.27 bits per heavy atom. The first-order valence-corrected chi connectivity index (χ1v) is 7.30. The summed E-state index contributed by atoms with van der Waals surface area (Å²) in [6.07, 6.45) is 1.07. The molecule has 1 aromatic carbocycles. The Labute approximate surface area is 140 Å². The number of nitrogens with zero attached hydrogens (tertiary/aromatic N) is 1. The molecule has 1 amide bonds. The normalized spacial score (nSPS) is 10.1. The van der Waals surface area contributed by atoms with E-state index in [4.69, 9.17) is 16.1 Å². The molecule has 0 saturated carbocycles. The molecule has 22 heavy (non-hydrogen) atoms. The third-order valence-electron chi connectivity index (χ3n) is 2.90. The lowest BCUT2D eigenvalue weighted by molar-refractivity contribution is 0.0945. The summed E-state index contributed by atoms with van der Waals surface area (Å²) < 4.78 is 5.19. The smallest absolute Gasteiger partial charge is 0.273 e. The minimum absolute atomic E-state index is 0. The van der Waals surface area contributed by atoms with Crippen LogP contribution in [0.1, 0.15) is 23.8 Å². The molecule has 0 radical (unpaired) electrons. The van der Waals surface area contributed by atoms with Crippen LogP contribution in [0.5, 0.6) is 0 Å². The van der Waals surface area contributed by atoms with Gasteiger partial charge in [-0.1, -0.05) is 35.8 Å². The summed E-state index contributed by atoms with van der Waals surface area (Å²) in [4.78, 5) is 11.9. The van der Waals surface area contributed by atoms with Crippen molar-refractivity contribution >= 4 is 29.9 Å². The van der Waals surface area contributed by atoms with Gasteiger partial charge >= 0.3 is 0 Å². The summed E-state index contributed by atoms with van der Waals surface area (Å²) in [6, 6.07) is 8.86. The maximum Gasteiger partial charge on any atom is 0.273 e. The van der Waals surface area contributed by atoms with Crippen molar-refractivity contribution in [3.05, 3.63) is 41.0 Å². The van der Waals surface area contributed by atoms with Crippen LogP contribution < -0.4 is 10.6 Å². The predicted octanol–water partition coefficient (Wildman–Crippen LogP) is 3.15. The Kier molecular flexibility index (Phi) is 7.95. The van der Waals surface area contributed by atoms with Gasteiger partial charge in [-0.05, 0) is 25.1 Å². The monoisotopic (exact) mass is 343 g/mol. The molecular weight excluding hydrogens is 325 g/mol. The van der Waals surface area contributed by atoms with E-state index in [1.165, 1.54) is 0 Å². The molecule has 0 fully saturated rings. The molecule has 2 rings (SSSR count). The van der Waals surface area contributed by atoms with Crippen molar-refractivity contribution in [2.75, 3.05) is 19.6 Å². The summed E-state index contributed by atoms with van der Waals surface area (Å²) in [6.45, 7) is 4.32. The van der Waals surface area contributed by atoms with Crippen molar-refractivity contribution in [2.45, 2.75) is 13.3 Å². The molecule has 5 nitrogen and oxygen atoms in total. The van der Waals surface area contributed by atoms with E-state index in [0.717, 1.165) is 25.1 Å². The van der Waals surface area contributed by atoms with Crippen LogP contribution in [0.15, 0.2) is 34.9 Å². The third kappa shape index (κ3) is 5.02. The first kappa shape index (κ1) is 18.5. The van der Waals surface area contributed by atoms with Gasteiger partial charge in [-0.25, -0.2) is 0 Å². The summed E-state index contributed by atoms with van der Waals surface area (Å²) in [5.41, 5.74) is 0.968. The second kappa shape index (κ2) is 9.46. The van der Waals surface area contributed by atoms with Crippen LogP contribution in [0.2, 0.25) is 5.02 Å². The zero-order chi connectivity index (χ0) is 15.1. The third-order valence-corrected chi connectivity index (χ3v) is 3.23. The van der Waals surface area contributed by atoms with Crippen LogP contribution in [-0.2, 0) is 0 Å². The molecular formula is C15H19Cl2N3O2. The maximum atomic E-state index is 11.9. The van der Waals surface area contributed by atoms with Gasteiger partial charge in [-0.15, -0.1) is 12.4 Å². The summed E-state index contributed by atoms with van der Waals surface area (Å²) in [5, 5.41) is 10.3. The van der Waals surface area contributed by atoms with Gasteiger partial charge in [0.05, 0.1) is 5.02 Å². The van der Waals surface area contributed by atoms with E-state index in [0.29, 0.717) is 17.3 Å². The van der Waals surface area contributed by atoms with Gasteiger partial charge in [0.2, 0.25) is 0 Å². The minimum atomic E-state index is -0.254. The number of rotatable bonds is 7. The molecule has 0 saturated heterocycles. The number of nitrogens with one attached hydrogen (secondary N) is 2. The van der Waals surface area contributed by atoms with Gasteiger partial charge in [-0.2, -0.15) is 0 Å². The zero-order valence-electron chi connectivity index (χ0n) is 12.3. The molecule has 0 unspecified atom stereocenters. The van der Waals surface area contributed by atoms with Crippen LogP contribution in [0.3, 0.4) is 0 Å². The molecule has 0 aliphatic carbocycles. The van der Waals surface area contributed by atoms with E-state index in [1.807, 2.05) is 18.2 Å². The molecule has 0 aliphatic heterocycles. The van der Waals surface area contributed by atoms with E-state index in [9.17, 15) is 4.79 Å². The second-order valence-corrected chi connectivity index (χ2v) is 4.97. The van der Waals surface area contributed by atoms with Crippen LogP contribution in [-0.4, -0.2) is 30.7 Å². The average molecular weight is 344 g/mol. The fraction of sp³-hybridized carbons (Fsp3) is 0.333. The Balaban J connectivity index is 0.00000242. The molecule has 1 heterocycles. The highest BCUT2D eigenvalue weighted by molar-refractivity contribution is 6.33. The number of halogens is 2. The quantitative estimate of drug-likeness (QED) is 0.758. The van der Waals surface area contributed by atoms with Crippen molar-refractivity contribution in [1.29, 1.82) is 0 Å². The van der Waals surface area contributed by atoms with Crippen LogP contribution in [0.4, 0.5) is 0 Å². The highest BCUT2D eigenvalue weighted by Gasteiger charge is 2.14. The molecule has 120 valence electrons. The fourth-order valence-electron chi connectivity index (χ4n) is 1.83.